The molecule has 84 valence electrons. The molecule has 1 aromatic heterocycles. The van der Waals surface area contributed by atoms with Gasteiger partial charge in [-0.25, -0.2) is 4.39 Å². The summed E-state index contributed by atoms with van der Waals surface area (Å²) in [6, 6.07) is 8.82. The fourth-order valence-corrected chi connectivity index (χ4v) is 1.84. The molecular weight excluding hydrogens is 227 g/mol. The van der Waals surface area contributed by atoms with Gasteiger partial charge in [-0.05, 0) is 18.2 Å². The average Bonchev–Trinajstić information content (AvgIpc) is 2.72. The SMILES string of the molecule is NCc1cccn1Cc1cccc(Cl)c1F. The van der Waals surface area contributed by atoms with Gasteiger partial charge in [0.2, 0.25) is 0 Å². The second kappa shape index (κ2) is 4.68. The number of nitrogens with two attached hydrogens (primary N) is 1. The number of aromatic nitrogens is 1. The molecule has 0 saturated carbocycles. The molecule has 0 bridgehead atoms. The highest BCUT2D eigenvalue weighted by Gasteiger charge is 2.07. The number of hydrogen-bond acceptors (Lipinski definition) is 1. The first-order valence-corrected chi connectivity index (χ1v) is 5.37. The maximum atomic E-state index is 13.7. The van der Waals surface area contributed by atoms with Gasteiger partial charge in [0.15, 0.2) is 0 Å². The van der Waals surface area contributed by atoms with E-state index in [0.29, 0.717) is 18.7 Å². The van der Waals surface area contributed by atoms with Crippen LogP contribution < -0.4 is 5.73 Å². The molecule has 0 spiro atoms. The summed E-state index contributed by atoms with van der Waals surface area (Å²) in [6.45, 7) is 0.890. The maximum absolute atomic E-state index is 13.7. The Labute approximate surface area is 98.4 Å². The summed E-state index contributed by atoms with van der Waals surface area (Å²) >= 11 is 5.72. The lowest BCUT2D eigenvalue weighted by Gasteiger charge is -2.09. The minimum atomic E-state index is -0.360. The van der Waals surface area contributed by atoms with Crippen LogP contribution in [0.3, 0.4) is 0 Å². The van der Waals surface area contributed by atoms with Crippen LogP contribution in [0.5, 0.6) is 0 Å². The highest BCUT2D eigenvalue weighted by Crippen LogP contribution is 2.19. The lowest BCUT2D eigenvalue weighted by Crippen LogP contribution is -2.08. The number of rotatable bonds is 3. The van der Waals surface area contributed by atoms with Gasteiger partial charge in [0, 0.05) is 24.0 Å². The summed E-state index contributed by atoms with van der Waals surface area (Å²) in [5.74, 6) is -0.360. The molecule has 1 heterocycles. The van der Waals surface area contributed by atoms with Crippen molar-refractivity contribution >= 4 is 11.6 Å². The maximum Gasteiger partial charge on any atom is 0.146 e. The molecular formula is C12H12ClFN2. The van der Waals surface area contributed by atoms with Gasteiger partial charge >= 0.3 is 0 Å². The normalized spacial score (nSPS) is 10.7. The van der Waals surface area contributed by atoms with Crippen LogP contribution in [0.1, 0.15) is 11.3 Å². The van der Waals surface area contributed by atoms with Crippen molar-refractivity contribution in [2.75, 3.05) is 0 Å². The van der Waals surface area contributed by atoms with Crippen LogP contribution in [-0.2, 0) is 13.1 Å². The Morgan fingerprint density at radius 3 is 2.81 bits per heavy atom. The van der Waals surface area contributed by atoms with E-state index < -0.39 is 0 Å². The molecule has 0 aliphatic rings. The molecule has 0 atom stereocenters. The summed E-state index contributed by atoms with van der Waals surface area (Å²) in [6.07, 6.45) is 1.88. The predicted octanol–water partition coefficient (Wildman–Crippen LogP) is 2.79. The van der Waals surface area contributed by atoms with Crippen LogP contribution in [0.2, 0.25) is 5.02 Å². The number of benzene rings is 1. The van der Waals surface area contributed by atoms with E-state index in [9.17, 15) is 4.39 Å². The fourth-order valence-electron chi connectivity index (χ4n) is 1.64. The van der Waals surface area contributed by atoms with Gasteiger partial charge in [0.05, 0.1) is 11.6 Å². The van der Waals surface area contributed by atoms with Gasteiger partial charge in [-0.3, -0.25) is 0 Å². The zero-order chi connectivity index (χ0) is 11.5. The molecule has 4 heteroatoms. The first-order valence-electron chi connectivity index (χ1n) is 4.99. The Bertz CT molecular complexity index is 494. The number of nitrogens with zero attached hydrogens (tertiary/aromatic N) is 1. The highest BCUT2D eigenvalue weighted by atomic mass is 35.5. The van der Waals surface area contributed by atoms with Gasteiger partial charge in [-0.1, -0.05) is 23.7 Å². The monoisotopic (exact) mass is 238 g/mol. The topological polar surface area (TPSA) is 30.9 Å². The largest absolute Gasteiger partial charge is 0.346 e. The summed E-state index contributed by atoms with van der Waals surface area (Å²) in [5, 5.41) is 0.152. The smallest absolute Gasteiger partial charge is 0.146 e. The van der Waals surface area contributed by atoms with E-state index in [1.807, 2.05) is 22.9 Å². The average molecular weight is 239 g/mol. The van der Waals surface area contributed by atoms with Crippen LogP contribution in [0, 0.1) is 5.82 Å². The first kappa shape index (κ1) is 11.2. The van der Waals surface area contributed by atoms with Crippen LogP contribution >= 0.6 is 11.6 Å². The van der Waals surface area contributed by atoms with E-state index in [1.165, 1.54) is 0 Å². The molecule has 2 N–H and O–H groups in total. The Morgan fingerprint density at radius 1 is 1.25 bits per heavy atom. The second-order valence-corrected chi connectivity index (χ2v) is 3.95. The first-order chi connectivity index (χ1) is 7.72. The van der Waals surface area contributed by atoms with Crippen molar-refractivity contribution in [2.45, 2.75) is 13.1 Å². The van der Waals surface area contributed by atoms with Crippen molar-refractivity contribution in [3.8, 4) is 0 Å². The van der Waals surface area contributed by atoms with E-state index >= 15 is 0 Å². The van der Waals surface area contributed by atoms with Crippen LogP contribution in [-0.4, -0.2) is 4.57 Å². The van der Waals surface area contributed by atoms with Crippen molar-refractivity contribution in [3.63, 3.8) is 0 Å². The molecule has 16 heavy (non-hydrogen) atoms. The van der Waals surface area contributed by atoms with Crippen LogP contribution in [0.15, 0.2) is 36.5 Å². The summed E-state index contributed by atoms with van der Waals surface area (Å²) < 4.78 is 15.6. The molecule has 0 amide bonds. The Morgan fingerprint density at radius 2 is 2.06 bits per heavy atom. The molecule has 0 radical (unpaired) electrons. The minimum Gasteiger partial charge on any atom is -0.346 e. The molecule has 2 rings (SSSR count). The van der Waals surface area contributed by atoms with Crippen molar-refractivity contribution in [1.82, 2.24) is 4.57 Å². The van der Waals surface area contributed by atoms with Crippen molar-refractivity contribution in [2.24, 2.45) is 5.73 Å². The highest BCUT2D eigenvalue weighted by molar-refractivity contribution is 6.30. The van der Waals surface area contributed by atoms with Gasteiger partial charge in [0.1, 0.15) is 5.82 Å². The Kier molecular flexibility index (Phi) is 3.27. The molecule has 2 nitrogen and oxygen atoms in total. The van der Waals surface area contributed by atoms with Crippen LogP contribution in [0.4, 0.5) is 4.39 Å². The quantitative estimate of drug-likeness (QED) is 0.876. The van der Waals surface area contributed by atoms with Crippen molar-refractivity contribution < 1.29 is 4.39 Å². The molecule has 0 aliphatic carbocycles. The standard InChI is InChI=1S/C12H12ClFN2/c13-11-5-1-3-9(12(11)14)8-16-6-2-4-10(16)7-15/h1-6H,7-8,15H2. The molecule has 0 fully saturated rings. The van der Waals surface area contributed by atoms with Gasteiger partial charge in [-0.2, -0.15) is 0 Å². The van der Waals surface area contributed by atoms with Gasteiger partial charge < -0.3 is 10.3 Å². The predicted molar refractivity (Wildman–Crippen MR) is 62.8 cm³/mol. The van der Waals surface area contributed by atoms with E-state index in [2.05, 4.69) is 0 Å². The summed E-state index contributed by atoms with van der Waals surface area (Å²) in [7, 11) is 0. The van der Waals surface area contributed by atoms with Crippen molar-refractivity contribution in [3.05, 3.63) is 58.6 Å². The fraction of sp³-hybridized carbons (Fsp3) is 0.167. The minimum absolute atomic E-state index is 0.152. The second-order valence-electron chi connectivity index (χ2n) is 3.54. The molecule has 0 saturated heterocycles. The lowest BCUT2D eigenvalue weighted by molar-refractivity contribution is 0.596. The van der Waals surface area contributed by atoms with Crippen LogP contribution in [0.25, 0.3) is 0 Å². The lowest BCUT2D eigenvalue weighted by atomic mass is 10.2. The summed E-state index contributed by atoms with van der Waals surface area (Å²) in [4.78, 5) is 0. The zero-order valence-electron chi connectivity index (χ0n) is 8.66. The Hall–Kier alpha value is -1.32. The molecule has 0 aliphatic heterocycles. The van der Waals surface area contributed by atoms with Gasteiger partial charge in [-0.15, -0.1) is 0 Å². The molecule has 2 aromatic rings. The summed E-state index contributed by atoms with van der Waals surface area (Å²) in [5.41, 5.74) is 7.12. The van der Waals surface area contributed by atoms with Crippen molar-refractivity contribution in [1.29, 1.82) is 0 Å². The molecule has 1 aromatic carbocycles. The van der Waals surface area contributed by atoms with E-state index in [-0.39, 0.29) is 10.8 Å². The third-order valence-corrected chi connectivity index (χ3v) is 2.80. The Balaban J connectivity index is 2.30. The third-order valence-electron chi connectivity index (χ3n) is 2.50. The molecule has 0 unspecified atom stereocenters. The van der Waals surface area contributed by atoms with E-state index in [0.717, 1.165) is 5.69 Å². The van der Waals surface area contributed by atoms with E-state index in [4.69, 9.17) is 17.3 Å². The van der Waals surface area contributed by atoms with E-state index in [1.54, 1.807) is 18.2 Å². The van der Waals surface area contributed by atoms with Gasteiger partial charge in [0.25, 0.3) is 0 Å². The zero-order valence-corrected chi connectivity index (χ0v) is 9.41. The number of hydrogen-bond donors (Lipinski definition) is 1. The number of halogens is 2. The third kappa shape index (κ3) is 2.10.